The molecule has 2 aromatic rings. The van der Waals surface area contributed by atoms with E-state index in [-0.39, 0.29) is 23.8 Å². The molecule has 2 aliphatic rings. The molecule has 2 fully saturated rings. The topological polar surface area (TPSA) is 70.7 Å². The second-order valence-corrected chi connectivity index (χ2v) is 9.16. The standard InChI is InChI=1S/C27H35N3O3/c1-33-24-13-11-21(12-14-24)27(32)29-25(20-7-3-2-4-8-20)19-28-26(31)22-15-17-30(18-16-22)23-9-5-6-10-23/h2-4,7-8,11-14,22-23,25H,5-6,9-10,15-19H2,1H3,(H,28,31)(H,29,32)/t25-/m0/s1. The lowest BCUT2D eigenvalue weighted by Crippen LogP contribution is -2.45. The van der Waals surface area contributed by atoms with Crippen molar-refractivity contribution in [3.8, 4) is 5.75 Å². The van der Waals surface area contributed by atoms with Crippen molar-refractivity contribution in [1.82, 2.24) is 15.5 Å². The first-order chi connectivity index (χ1) is 16.1. The van der Waals surface area contributed by atoms with Crippen molar-refractivity contribution < 1.29 is 14.3 Å². The first kappa shape index (κ1) is 23.3. The number of amides is 2. The highest BCUT2D eigenvalue weighted by molar-refractivity contribution is 5.94. The highest BCUT2D eigenvalue weighted by Crippen LogP contribution is 2.28. The summed E-state index contributed by atoms with van der Waals surface area (Å²) in [7, 11) is 1.60. The average molecular weight is 450 g/mol. The van der Waals surface area contributed by atoms with Gasteiger partial charge in [0.15, 0.2) is 0 Å². The van der Waals surface area contributed by atoms with Crippen LogP contribution in [0, 0.1) is 5.92 Å². The smallest absolute Gasteiger partial charge is 0.251 e. The molecule has 1 aliphatic carbocycles. The zero-order valence-electron chi connectivity index (χ0n) is 19.5. The van der Waals surface area contributed by atoms with Crippen molar-refractivity contribution in [2.75, 3.05) is 26.7 Å². The Bertz CT molecular complexity index is 902. The fourth-order valence-corrected chi connectivity index (χ4v) is 5.06. The number of hydrogen-bond acceptors (Lipinski definition) is 4. The Morgan fingerprint density at radius 2 is 1.64 bits per heavy atom. The molecule has 0 bridgehead atoms. The fourth-order valence-electron chi connectivity index (χ4n) is 5.06. The van der Waals surface area contributed by atoms with Gasteiger partial charge in [-0.2, -0.15) is 0 Å². The number of ether oxygens (including phenoxy) is 1. The number of nitrogens with zero attached hydrogens (tertiary/aromatic N) is 1. The Hall–Kier alpha value is -2.86. The predicted octanol–water partition coefficient (Wildman–Crippen LogP) is 3.94. The van der Waals surface area contributed by atoms with E-state index < -0.39 is 0 Å². The normalized spacial score (nSPS) is 18.6. The summed E-state index contributed by atoms with van der Waals surface area (Å²) in [5.41, 5.74) is 1.53. The average Bonchev–Trinajstić information content (AvgIpc) is 3.42. The van der Waals surface area contributed by atoms with Crippen LogP contribution >= 0.6 is 0 Å². The molecule has 0 radical (unpaired) electrons. The minimum Gasteiger partial charge on any atom is -0.497 e. The van der Waals surface area contributed by atoms with Crippen molar-refractivity contribution in [1.29, 1.82) is 0 Å². The van der Waals surface area contributed by atoms with Crippen LogP contribution in [-0.4, -0.2) is 49.5 Å². The van der Waals surface area contributed by atoms with Gasteiger partial charge in [-0.25, -0.2) is 0 Å². The predicted molar refractivity (Wildman–Crippen MR) is 129 cm³/mol. The molecule has 1 saturated carbocycles. The van der Waals surface area contributed by atoms with Gasteiger partial charge in [0.25, 0.3) is 5.91 Å². The van der Waals surface area contributed by atoms with Gasteiger partial charge in [0.2, 0.25) is 5.91 Å². The van der Waals surface area contributed by atoms with Crippen LogP contribution in [-0.2, 0) is 4.79 Å². The van der Waals surface area contributed by atoms with Crippen LogP contribution in [0.5, 0.6) is 5.75 Å². The molecule has 2 N–H and O–H groups in total. The Labute approximate surface area is 196 Å². The van der Waals surface area contributed by atoms with Gasteiger partial charge in [-0.05, 0) is 68.6 Å². The molecular weight excluding hydrogens is 414 g/mol. The molecule has 4 rings (SSSR count). The number of nitrogens with one attached hydrogen (secondary N) is 2. The maximum atomic E-state index is 12.9. The molecule has 1 atom stereocenters. The summed E-state index contributed by atoms with van der Waals surface area (Å²) in [4.78, 5) is 28.4. The summed E-state index contributed by atoms with van der Waals surface area (Å²) < 4.78 is 5.18. The molecule has 6 heteroatoms. The van der Waals surface area contributed by atoms with E-state index in [1.54, 1.807) is 31.4 Å². The summed E-state index contributed by atoms with van der Waals surface area (Å²) in [5.74, 6) is 0.681. The molecule has 2 aromatic carbocycles. The maximum absolute atomic E-state index is 12.9. The van der Waals surface area contributed by atoms with Crippen LogP contribution in [0.3, 0.4) is 0 Å². The van der Waals surface area contributed by atoms with Gasteiger partial charge >= 0.3 is 0 Å². The van der Waals surface area contributed by atoms with Crippen LogP contribution in [0.4, 0.5) is 0 Å². The summed E-state index contributed by atoms with van der Waals surface area (Å²) in [5, 5.41) is 6.21. The molecule has 1 aliphatic heterocycles. The van der Waals surface area contributed by atoms with Crippen LogP contribution in [0.2, 0.25) is 0 Å². The number of piperidine rings is 1. The molecule has 1 heterocycles. The lowest BCUT2D eigenvalue weighted by Gasteiger charge is -2.35. The maximum Gasteiger partial charge on any atom is 0.251 e. The minimum atomic E-state index is -0.302. The molecule has 33 heavy (non-hydrogen) atoms. The van der Waals surface area contributed by atoms with Gasteiger partial charge in [0.05, 0.1) is 13.2 Å². The molecule has 176 valence electrons. The molecule has 0 aromatic heterocycles. The van der Waals surface area contributed by atoms with Gasteiger partial charge in [0, 0.05) is 24.1 Å². The van der Waals surface area contributed by atoms with E-state index in [0.29, 0.717) is 17.9 Å². The number of carbonyl (C=O) groups excluding carboxylic acids is 2. The third-order valence-electron chi connectivity index (χ3n) is 7.08. The lowest BCUT2D eigenvalue weighted by molar-refractivity contribution is -0.126. The van der Waals surface area contributed by atoms with Gasteiger partial charge < -0.3 is 20.3 Å². The van der Waals surface area contributed by atoms with Gasteiger partial charge in [-0.1, -0.05) is 43.2 Å². The largest absolute Gasteiger partial charge is 0.497 e. The van der Waals surface area contributed by atoms with Crippen molar-refractivity contribution in [3.05, 3.63) is 65.7 Å². The van der Waals surface area contributed by atoms with Crippen LogP contribution < -0.4 is 15.4 Å². The Morgan fingerprint density at radius 1 is 0.970 bits per heavy atom. The Kier molecular flexibility index (Phi) is 8.00. The molecule has 0 unspecified atom stereocenters. The zero-order chi connectivity index (χ0) is 23.0. The van der Waals surface area contributed by atoms with Crippen molar-refractivity contribution >= 4 is 11.8 Å². The van der Waals surface area contributed by atoms with E-state index in [1.165, 1.54) is 25.7 Å². The first-order valence-corrected chi connectivity index (χ1v) is 12.2. The Morgan fingerprint density at radius 3 is 2.27 bits per heavy atom. The highest BCUT2D eigenvalue weighted by atomic mass is 16.5. The monoisotopic (exact) mass is 449 g/mol. The molecule has 2 amide bonds. The number of rotatable bonds is 8. The second kappa shape index (κ2) is 11.3. The van der Waals surface area contributed by atoms with Crippen LogP contribution in [0.15, 0.2) is 54.6 Å². The minimum absolute atomic E-state index is 0.0522. The fraction of sp³-hybridized carbons (Fsp3) is 0.481. The van der Waals surface area contributed by atoms with Crippen LogP contribution in [0.25, 0.3) is 0 Å². The summed E-state index contributed by atoms with van der Waals surface area (Å²) >= 11 is 0. The lowest BCUT2D eigenvalue weighted by atomic mass is 9.94. The SMILES string of the molecule is COc1ccc(C(=O)N[C@@H](CNC(=O)C2CCN(C3CCCC3)CC2)c2ccccc2)cc1. The summed E-state index contributed by atoms with van der Waals surface area (Å²) in [6, 6.07) is 17.2. The number of methoxy groups -OCH3 is 1. The quantitative estimate of drug-likeness (QED) is 0.641. The van der Waals surface area contributed by atoms with E-state index in [1.807, 2.05) is 30.3 Å². The van der Waals surface area contributed by atoms with Gasteiger partial charge in [-0.3, -0.25) is 9.59 Å². The third-order valence-corrected chi connectivity index (χ3v) is 7.08. The molecule has 6 nitrogen and oxygen atoms in total. The van der Waals surface area contributed by atoms with Gasteiger partial charge in [-0.15, -0.1) is 0 Å². The van der Waals surface area contributed by atoms with Crippen LogP contribution in [0.1, 0.15) is 60.5 Å². The number of benzene rings is 2. The van der Waals surface area contributed by atoms with Crippen molar-refractivity contribution in [2.45, 2.75) is 50.6 Å². The zero-order valence-corrected chi connectivity index (χ0v) is 19.5. The third kappa shape index (κ3) is 6.14. The molecule has 0 spiro atoms. The number of hydrogen-bond donors (Lipinski definition) is 2. The molecule has 1 saturated heterocycles. The summed E-state index contributed by atoms with van der Waals surface area (Å²) in [6.45, 7) is 2.39. The highest BCUT2D eigenvalue weighted by Gasteiger charge is 2.30. The van der Waals surface area contributed by atoms with E-state index in [9.17, 15) is 9.59 Å². The second-order valence-electron chi connectivity index (χ2n) is 9.16. The van der Waals surface area contributed by atoms with E-state index in [4.69, 9.17) is 4.74 Å². The first-order valence-electron chi connectivity index (χ1n) is 12.2. The van der Waals surface area contributed by atoms with Crippen molar-refractivity contribution in [3.63, 3.8) is 0 Å². The van der Waals surface area contributed by atoms with E-state index in [0.717, 1.165) is 37.5 Å². The van der Waals surface area contributed by atoms with Gasteiger partial charge in [0.1, 0.15) is 5.75 Å². The van der Waals surface area contributed by atoms with Crippen molar-refractivity contribution in [2.24, 2.45) is 5.92 Å². The van der Waals surface area contributed by atoms with E-state index in [2.05, 4.69) is 15.5 Å². The number of carbonyl (C=O) groups is 2. The summed E-state index contributed by atoms with van der Waals surface area (Å²) in [6.07, 6.45) is 7.13. The molecular formula is C27H35N3O3. The van der Waals surface area contributed by atoms with E-state index >= 15 is 0 Å². The Balaban J connectivity index is 1.33. The number of likely N-dealkylation sites (tertiary alicyclic amines) is 1.